The number of nitrogens with zero attached hydrogens (tertiary/aromatic N) is 1. The molecule has 2 aliphatic carbocycles. The van der Waals surface area contributed by atoms with E-state index >= 15 is 0 Å². The number of phenols is 1. The number of piperidine rings is 1. The van der Waals surface area contributed by atoms with E-state index in [1.54, 1.807) is 0 Å². The van der Waals surface area contributed by atoms with Crippen molar-refractivity contribution in [1.29, 1.82) is 0 Å². The van der Waals surface area contributed by atoms with Crippen molar-refractivity contribution in [3.8, 4) is 5.75 Å². The van der Waals surface area contributed by atoms with Gasteiger partial charge in [0, 0.05) is 17.5 Å². The zero-order valence-corrected chi connectivity index (χ0v) is 15.9. The Morgan fingerprint density at radius 1 is 1.24 bits per heavy atom. The molecule has 1 saturated heterocycles. The molecular formula is C22H34N2O. The van der Waals surface area contributed by atoms with Gasteiger partial charge in [-0.25, -0.2) is 0 Å². The molecule has 4 rings (SSSR count). The van der Waals surface area contributed by atoms with Crippen LogP contribution in [0.1, 0.15) is 63.0 Å². The van der Waals surface area contributed by atoms with Crippen LogP contribution in [0, 0.1) is 5.92 Å². The highest BCUT2D eigenvalue weighted by Crippen LogP contribution is 2.45. The molecule has 25 heavy (non-hydrogen) atoms. The third-order valence-corrected chi connectivity index (χ3v) is 7.40. The fraction of sp³-hybridized carbons (Fsp3) is 0.727. The van der Waals surface area contributed by atoms with Crippen molar-refractivity contribution >= 4 is 0 Å². The number of hydrogen-bond acceptors (Lipinski definition) is 3. The van der Waals surface area contributed by atoms with Crippen molar-refractivity contribution in [2.24, 2.45) is 5.92 Å². The minimum Gasteiger partial charge on any atom is -0.508 e. The maximum Gasteiger partial charge on any atom is 0.115 e. The molecule has 0 amide bonds. The van der Waals surface area contributed by atoms with Gasteiger partial charge < -0.3 is 15.3 Å². The summed E-state index contributed by atoms with van der Waals surface area (Å²) >= 11 is 0. The molecule has 1 aliphatic heterocycles. The number of aromatic hydroxyl groups is 1. The molecule has 3 atom stereocenters. The molecule has 3 nitrogen and oxygen atoms in total. The Hall–Kier alpha value is -1.06. The van der Waals surface area contributed by atoms with Gasteiger partial charge in [-0.3, -0.25) is 0 Å². The average Bonchev–Trinajstić information content (AvgIpc) is 2.62. The standard InChI is InChI=1S/C22H34N2O/c1-22-11-13-24(2)20(14-17-8-9-18(25)15-19(17)22)21(22)23-12-10-16-6-4-3-5-7-16/h8-9,15-16,20-21,23,25H,3-7,10-14H2,1-2H3/t20-,21-,22?/m1/s1. The molecule has 1 aromatic carbocycles. The molecule has 1 aromatic rings. The van der Waals surface area contributed by atoms with Crippen LogP contribution in [0.4, 0.5) is 0 Å². The molecule has 3 heteroatoms. The first-order valence-electron chi connectivity index (χ1n) is 10.3. The largest absolute Gasteiger partial charge is 0.508 e. The second-order valence-electron chi connectivity index (χ2n) is 8.99. The van der Waals surface area contributed by atoms with Crippen LogP contribution in [0.25, 0.3) is 0 Å². The number of benzene rings is 1. The quantitative estimate of drug-likeness (QED) is 0.873. The lowest BCUT2D eigenvalue weighted by Gasteiger charge is -2.55. The molecule has 1 saturated carbocycles. The van der Waals surface area contributed by atoms with Crippen LogP contribution in [-0.4, -0.2) is 42.2 Å². The molecule has 1 unspecified atom stereocenters. The van der Waals surface area contributed by atoms with Crippen molar-refractivity contribution < 1.29 is 5.11 Å². The second-order valence-corrected chi connectivity index (χ2v) is 8.99. The number of phenolic OH excluding ortho intramolecular Hbond substituents is 1. The predicted molar refractivity (Wildman–Crippen MR) is 103 cm³/mol. The van der Waals surface area contributed by atoms with E-state index in [9.17, 15) is 5.11 Å². The lowest BCUT2D eigenvalue weighted by atomic mass is 9.61. The number of rotatable bonds is 4. The summed E-state index contributed by atoms with van der Waals surface area (Å²) in [7, 11) is 2.28. The van der Waals surface area contributed by atoms with Gasteiger partial charge in [0.15, 0.2) is 0 Å². The maximum absolute atomic E-state index is 10.1. The van der Waals surface area contributed by atoms with Crippen LogP contribution >= 0.6 is 0 Å². The summed E-state index contributed by atoms with van der Waals surface area (Å²) in [6.45, 7) is 4.71. The zero-order chi connectivity index (χ0) is 17.4. The summed E-state index contributed by atoms with van der Waals surface area (Å²) in [5, 5.41) is 14.0. The van der Waals surface area contributed by atoms with Gasteiger partial charge in [-0.15, -0.1) is 0 Å². The molecule has 3 aliphatic rings. The van der Waals surface area contributed by atoms with E-state index in [1.165, 1.54) is 49.7 Å². The van der Waals surface area contributed by atoms with Crippen molar-refractivity contribution in [2.75, 3.05) is 20.1 Å². The molecular weight excluding hydrogens is 308 g/mol. The summed E-state index contributed by atoms with van der Waals surface area (Å²) in [5.41, 5.74) is 2.95. The summed E-state index contributed by atoms with van der Waals surface area (Å²) in [4.78, 5) is 2.55. The van der Waals surface area contributed by atoms with Crippen molar-refractivity contribution in [2.45, 2.75) is 75.8 Å². The van der Waals surface area contributed by atoms with Gasteiger partial charge in [-0.1, -0.05) is 45.1 Å². The van der Waals surface area contributed by atoms with E-state index in [4.69, 9.17) is 0 Å². The Kier molecular flexibility index (Phi) is 4.81. The highest BCUT2D eigenvalue weighted by atomic mass is 16.3. The third kappa shape index (κ3) is 3.21. The van der Waals surface area contributed by atoms with E-state index in [0.717, 1.165) is 31.8 Å². The molecule has 2 bridgehead atoms. The van der Waals surface area contributed by atoms with Crippen LogP contribution in [0.15, 0.2) is 18.2 Å². The SMILES string of the molecule is CN1CCC2(C)c3cc(O)ccc3C[C@@H]1[C@H]2NCCC1CCCCC1. The second kappa shape index (κ2) is 6.92. The highest BCUT2D eigenvalue weighted by molar-refractivity contribution is 5.45. The van der Waals surface area contributed by atoms with Crippen LogP contribution < -0.4 is 5.32 Å². The summed E-state index contributed by atoms with van der Waals surface area (Å²) in [6, 6.07) is 7.10. The normalized spacial score (nSPS) is 33.2. The highest BCUT2D eigenvalue weighted by Gasteiger charge is 2.49. The molecule has 138 valence electrons. The van der Waals surface area contributed by atoms with Crippen LogP contribution in [-0.2, 0) is 11.8 Å². The monoisotopic (exact) mass is 342 g/mol. The van der Waals surface area contributed by atoms with E-state index < -0.39 is 0 Å². The number of likely N-dealkylation sites (N-methyl/N-ethyl adjacent to an activating group) is 1. The minimum atomic E-state index is 0.135. The Balaban J connectivity index is 1.52. The van der Waals surface area contributed by atoms with Gasteiger partial charge in [0.05, 0.1) is 0 Å². The lowest BCUT2D eigenvalue weighted by Crippen LogP contribution is -2.66. The Morgan fingerprint density at radius 2 is 2.04 bits per heavy atom. The van der Waals surface area contributed by atoms with Gasteiger partial charge in [-0.2, -0.15) is 0 Å². The van der Waals surface area contributed by atoms with Gasteiger partial charge in [0.25, 0.3) is 0 Å². The molecule has 2 fully saturated rings. The Labute approximate surface area is 152 Å². The maximum atomic E-state index is 10.1. The van der Waals surface area contributed by atoms with Crippen LogP contribution in [0.3, 0.4) is 0 Å². The van der Waals surface area contributed by atoms with Gasteiger partial charge in [0.2, 0.25) is 0 Å². The molecule has 2 N–H and O–H groups in total. The third-order valence-electron chi connectivity index (χ3n) is 7.40. The number of fused-ring (bicyclic) bond motifs is 4. The van der Waals surface area contributed by atoms with E-state index in [-0.39, 0.29) is 5.41 Å². The number of hydrogen-bond donors (Lipinski definition) is 2. The van der Waals surface area contributed by atoms with E-state index in [0.29, 0.717) is 17.8 Å². The Bertz CT molecular complexity index is 610. The smallest absolute Gasteiger partial charge is 0.115 e. The molecule has 1 heterocycles. The van der Waals surface area contributed by atoms with Crippen molar-refractivity contribution in [1.82, 2.24) is 10.2 Å². The predicted octanol–water partition coefficient (Wildman–Crippen LogP) is 3.84. The Morgan fingerprint density at radius 3 is 2.84 bits per heavy atom. The average molecular weight is 343 g/mol. The van der Waals surface area contributed by atoms with Gasteiger partial charge in [0.1, 0.15) is 5.75 Å². The molecule has 0 aromatic heterocycles. The fourth-order valence-electron chi connectivity index (χ4n) is 5.76. The van der Waals surface area contributed by atoms with Crippen LogP contribution in [0.5, 0.6) is 5.75 Å². The number of nitrogens with one attached hydrogen (secondary N) is 1. The van der Waals surface area contributed by atoms with E-state index in [2.05, 4.69) is 30.3 Å². The van der Waals surface area contributed by atoms with Crippen molar-refractivity contribution in [3.05, 3.63) is 29.3 Å². The number of likely N-dealkylation sites (tertiary alicyclic amines) is 1. The van der Waals surface area contributed by atoms with Gasteiger partial charge in [-0.05, 0) is 68.6 Å². The van der Waals surface area contributed by atoms with Crippen molar-refractivity contribution in [3.63, 3.8) is 0 Å². The summed E-state index contributed by atoms with van der Waals surface area (Å²) < 4.78 is 0. The topological polar surface area (TPSA) is 35.5 Å². The fourth-order valence-corrected chi connectivity index (χ4v) is 5.76. The lowest BCUT2D eigenvalue weighted by molar-refractivity contribution is 0.0649. The first-order valence-corrected chi connectivity index (χ1v) is 10.3. The summed E-state index contributed by atoms with van der Waals surface area (Å²) in [5.74, 6) is 1.35. The first kappa shape index (κ1) is 17.4. The van der Waals surface area contributed by atoms with Crippen LogP contribution in [0.2, 0.25) is 0 Å². The summed E-state index contributed by atoms with van der Waals surface area (Å²) in [6.07, 6.45) is 10.8. The van der Waals surface area contributed by atoms with E-state index in [1.807, 2.05) is 12.1 Å². The zero-order valence-electron chi connectivity index (χ0n) is 15.9. The first-order chi connectivity index (χ1) is 12.1. The minimum absolute atomic E-state index is 0.135. The molecule has 0 spiro atoms. The van der Waals surface area contributed by atoms with Gasteiger partial charge >= 0.3 is 0 Å². The molecule has 0 radical (unpaired) electrons.